The first-order chi connectivity index (χ1) is 9.34. The van der Waals surface area contributed by atoms with Gasteiger partial charge in [-0.2, -0.15) is 0 Å². The maximum absolute atomic E-state index is 4.53. The molecular weight excluding hydrogens is 232 g/mol. The van der Waals surface area contributed by atoms with Crippen molar-refractivity contribution in [3.63, 3.8) is 0 Å². The summed E-state index contributed by atoms with van der Waals surface area (Å²) < 4.78 is 0. The minimum atomic E-state index is 0.995. The second-order valence-electron chi connectivity index (χ2n) is 4.04. The lowest BCUT2D eigenvalue weighted by Gasteiger charge is -2.06. The Hall–Kier alpha value is -2.22. The number of fused-ring (bicyclic) bond motifs is 1. The molecule has 0 aliphatic carbocycles. The van der Waals surface area contributed by atoms with Gasteiger partial charge in [0.25, 0.3) is 0 Å². The molecule has 0 fully saturated rings. The Kier molecular flexibility index (Phi) is 4.24. The zero-order valence-corrected chi connectivity index (χ0v) is 11.6. The highest BCUT2D eigenvalue weighted by Crippen LogP contribution is 2.26. The first-order valence-corrected chi connectivity index (χ1v) is 6.62. The second-order valence-corrected chi connectivity index (χ2v) is 4.04. The zero-order chi connectivity index (χ0) is 13.7. The standard InChI is InChI=1S/C15H12N2.C2H6/c1-11-10-13(14-7-4-5-9-16-14)12-6-2-3-8-15(12)17-11;1-2/h2-10H,1H3;1-2H3. The molecule has 0 atom stereocenters. The monoisotopic (exact) mass is 250 g/mol. The van der Waals surface area contributed by atoms with Gasteiger partial charge in [0.2, 0.25) is 0 Å². The van der Waals surface area contributed by atoms with Crippen LogP contribution in [0.25, 0.3) is 22.2 Å². The van der Waals surface area contributed by atoms with Gasteiger partial charge >= 0.3 is 0 Å². The van der Waals surface area contributed by atoms with Crippen LogP contribution in [0.2, 0.25) is 0 Å². The summed E-state index contributed by atoms with van der Waals surface area (Å²) >= 11 is 0. The average Bonchev–Trinajstić information content (AvgIpc) is 2.49. The van der Waals surface area contributed by atoms with Crippen molar-refractivity contribution in [3.05, 3.63) is 60.4 Å². The van der Waals surface area contributed by atoms with Gasteiger partial charge in [-0.25, -0.2) is 0 Å². The molecule has 0 saturated heterocycles. The van der Waals surface area contributed by atoms with Crippen molar-refractivity contribution >= 4 is 10.9 Å². The van der Waals surface area contributed by atoms with E-state index in [0.29, 0.717) is 0 Å². The molecule has 2 heteroatoms. The van der Waals surface area contributed by atoms with Crippen LogP contribution in [0.15, 0.2) is 54.7 Å². The molecule has 0 unspecified atom stereocenters. The molecule has 0 amide bonds. The maximum atomic E-state index is 4.53. The van der Waals surface area contributed by atoms with Gasteiger partial charge < -0.3 is 0 Å². The highest BCUT2D eigenvalue weighted by atomic mass is 14.7. The Morgan fingerprint density at radius 1 is 0.895 bits per heavy atom. The number of rotatable bonds is 1. The van der Waals surface area contributed by atoms with Gasteiger partial charge in [0, 0.05) is 22.8 Å². The summed E-state index contributed by atoms with van der Waals surface area (Å²) in [5.74, 6) is 0. The van der Waals surface area contributed by atoms with E-state index in [-0.39, 0.29) is 0 Å². The Labute approximate surface area is 114 Å². The van der Waals surface area contributed by atoms with Crippen LogP contribution in [0.4, 0.5) is 0 Å². The highest BCUT2D eigenvalue weighted by Gasteiger charge is 2.06. The molecule has 0 aliphatic heterocycles. The SMILES string of the molecule is CC.Cc1cc(-c2ccccn2)c2ccccc2n1. The first-order valence-electron chi connectivity index (χ1n) is 6.62. The summed E-state index contributed by atoms with van der Waals surface area (Å²) in [6.45, 7) is 6.01. The third-order valence-electron chi connectivity index (χ3n) is 2.79. The smallest absolute Gasteiger partial charge is 0.0711 e. The number of pyridine rings is 2. The topological polar surface area (TPSA) is 25.8 Å². The number of hydrogen-bond donors (Lipinski definition) is 0. The first kappa shape index (κ1) is 13.2. The van der Waals surface area contributed by atoms with Crippen LogP contribution in [0.3, 0.4) is 0 Å². The summed E-state index contributed by atoms with van der Waals surface area (Å²) in [5, 5.41) is 1.15. The Bertz CT molecular complexity index is 660. The molecule has 1 aromatic carbocycles. The van der Waals surface area contributed by atoms with E-state index in [9.17, 15) is 0 Å². The minimum Gasteiger partial charge on any atom is -0.256 e. The van der Waals surface area contributed by atoms with Gasteiger partial charge in [0.05, 0.1) is 11.2 Å². The van der Waals surface area contributed by atoms with E-state index < -0.39 is 0 Å². The van der Waals surface area contributed by atoms with E-state index in [1.165, 1.54) is 0 Å². The average molecular weight is 250 g/mol. The largest absolute Gasteiger partial charge is 0.256 e. The van der Waals surface area contributed by atoms with Crippen LogP contribution in [-0.4, -0.2) is 9.97 Å². The number of aromatic nitrogens is 2. The fraction of sp³-hybridized carbons (Fsp3) is 0.176. The van der Waals surface area contributed by atoms with Crippen molar-refractivity contribution in [2.24, 2.45) is 0 Å². The third-order valence-corrected chi connectivity index (χ3v) is 2.79. The lowest BCUT2D eigenvalue weighted by atomic mass is 10.0. The molecule has 0 aliphatic rings. The molecule has 19 heavy (non-hydrogen) atoms. The van der Waals surface area contributed by atoms with Gasteiger partial charge in [0.1, 0.15) is 0 Å². The number of aryl methyl sites for hydroxylation is 1. The van der Waals surface area contributed by atoms with E-state index >= 15 is 0 Å². The van der Waals surface area contributed by atoms with Crippen LogP contribution in [0.1, 0.15) is 19.5 Å². The van der Waals surface area contributed by atoms with Gasteiger partial charge in [-0.05, 0) is 31.2 Å². The lowest BCUT2D eigenvalue weighted by molar-refractivity contribution is 1.24. The van der Waals surface area contributed by atoms with Crippen molar-refractivity contribution in [3.8, 4) is 11.3 Å². The van der Waals surface area contributed by atoms with Crippen LogP contribution in [-0.2, 0) is 0 Å². The van der Waals surface area contributed by atoms with Crippen LogP contribution >= 0.6 is 0 Å². The zero-order valence-electron chi connectivity index (χ0n) is 11.6. The fourth-order valence-electron chi connectivity index (χ4n) is 2.04. The molecule has 0 bridgehead atoms. The van der Waals surface area contributed by atoms with E-state index in [4.69, 9.17) is 0 Å². The second kappa shape index (κ2) is 6.10. The van der Waals surface area contributed by atoms with Crippen molar-refractivity contribution in [1.82, 2.24) is 9.97 Å². The van der Waals surface area contributed by atoms with E-state index in [1.807, 2.05) is 63.4 Å². The summed E-state index contributed by atoms with van der Waals surface area (Å²) in [4.78, 5) is 8.95. The highest BCUT2D eigenvalue weighted by molar-refractivity contribution is 5.93. The van der Waals surface area contributed by atoms with E-state index in [2.05, 4.69) is 22.1 Å². The van der Waals surface area contributed by atoms with Crippen molar-refractivity contribution < 1.29 is 0 Å². The molecule has 0 spiro atoms. The number of para-hydroxylation sites is 1. The van der Waals surface area contributed by atoms with Crippen molar-refractivity contribution in [1.29, 1.82) is 0 Å². The molecule has 3 rings (SSSR count). The molecule has 2 heterocycles. The van der Waals surface area contributed by atoms with Crippen LogP contribution < -0.4 is 0 Å². The quantitative estimate of drug-likeness (QED) is 0.629. The van der Waals surface area contributed by atoms with E-state index in [0.717, 1.165) is 27.9 Å². The number of nitrogens with zero attached hydrogens (tertiary/aromatic N) is 2. The third kappa shape index (κ3) is 2.79. The molecule has 2 nitrogen and oxygen atoms in total. The summed E-state index contributed by atoms with van der Waals surface area (Å²) in [6, 6.07) is 16.2. The minimum absolute atomic E-state index is 0.995. The summed E-state index contributed by atoms with van der Waals surface area (Å²) in [7, 11) is 0. The number of hydrogen-bond acceptors (Lipinski definition) is 2. The molecule has 96 valence electrons. The van der Waals surface area contributed by atoms with Gasteiger partial charge in [-0.15, -0.1) is 0 Å². The molecule has 0 saturated carbocycles. The van der Waals surface area contributed by atoms with Gasteiger partial charge in [-0.3, -0.25) is 9.97 Å². The van der Waals surface area contributed by atoms with Crippen molar-refractivity contribution in [2.75, 3.05) is 0 Å². The van der Waals surface area contributed by atoms with E-state index in [1.54, 1.807) is 0 Å². The molecular formula is C17H18N2. The van der Waals surface area contributed by atoms with Gasteiger partial charge in [-0.1, -0.05) is 38.1 Å². The predicted octanol–water partition coefficient (Wildman–Crippen LogP) is 4.63. The Morgan fingerprint density at radius 3 is 2.37 bits per heavy atom. The summed E-state index contributed by atoms with van der Waals surface area (Å²) in [5.41, 5.74) is 4.18. The van der Waals surface area contributed by atoms with Crippen molar-refractivity contribution in [2.45, 2.75) is 20.8 Å². The lowest BCUT2D eigenvalue weighted by Crippen LogP contribution is -1.89. The Balaban J connectivity index is 0.000000637. The van der Waals surface area contributed by atoms with Crippen LogP contribution in [0, 0.1) is 6.92 Å². The molecule has 0 N–H and O–H groups in total. The van der Waals surface area contributed by atoms with Gasteiger partial charge in [0.15, 0.2) is 0 Å². The molecule has 2 aromatic heterocycles. The molecule has 3 aromatic rings. The summed E-state index contributed by atoms with van der Waals surface area (Å²) in [6.07, 6.45) is 1.82. The Morgan fingerprint density at radius 2 is 1.63 bits per heavy atom. The van der Waals surface area contributed by atoms with Crippen LogP contribution in [0.5, 0.6) is 0 Å². The number of benzene rings is 1. The normalized spacial score (nSPS) is 9.84. The fourth-order valence-corrected chi connectivity index (χ4v) is 2.04. The predicted molar refractivity (Wildman–Crippen MR) is 81.1 cm³/mol. The molecule has 0 radical (unpaired) electrons. The maximum Gasteiger partial charge on any atom is 0.0711 e.